The van der Waals surface area contributed by atoms with Crippen molar-refractivity contribution in [3.8, 4) is 0 Å². The molecule has 1 rings (SSSR count). The van der Waals surface area contributed by atoms with Crippen LogP contribution in [-0.4, -0.2) is 19.3 Å². The van der Waals surface area contributed by atoms with Crippen molar-refractivity contribution in [1.29, 1.82) is 0 Å². The Hall–Kier alpha value is -0.730. The Morgan fingerprint density at radius 1 is 1.29 bits per heavy atom. The first-order valence-corrected chi connectivity index (χ1v) is 5.56. The fourth-order valence-electron chi connectivity index (χ4n) is 1.82. The van der Waals surface area contributed by atoms with E-state index in [2.05, 4.69) is 10.0 Å². The summed E-state index contributed by atoms with van der Waals surface area (Å²) < 4.78 is 5.53. The molecule has 0 aliphatic carbocycles. The van der Waals surface area contributed by atoms with Gasteiger partial charge in [0.25, 0.3) is 0 Å². The highest BCUT2D eigenvalue weighted by Crippen LogP contribution is 2.18. The molecule has 1 saturated heterocycles. The molecular formula is C10H19N3O. The minimum atomic E-state index is 0.534. The van der Waals surface area contributed by atoms with E-state index in [1.54, 1.807) is 0 Å². The van der Waals surface area contributed by atoms with E-state index < -0.39 is 0 Å². The molecular weight excluding hydrogens is 178 g/mol. The normalized spacial score (nSPS) is 20.7. The topological polar surface area (TPSA) is 58.0 Å². The van der Waals surface area contributed by atoms with Crippen molar-refractivity contribution >= 4 is 0 Å². The van der Waals surface area contributed by atoms with Crippen LogP contribution >= 0.6 is 0 Å². The summed E-state index contributed by atoms with van der Waals surface area (Å²) in [5, 5.41) is 3.50. The van der Waals surface area contributed by atoms with Crippen LogP contribution in [0.2, 0.25) is 0 Å². The fourth-order valence-corrected chi connectivity index (χ4v) is 1.82. The highest BCUT2D eigenvalue weighted by Gasteiger charge is 2.13. The van der Waals surface area contributed by atoms with Crippen molar-refractivity contribution in [1.82, 2.24) is 0 Å². The zero-order valence-electron chi connectivity index (χ0n) is 8.69. The number of unbranched alkanes of at least 4 members (excludes halogenated alkanes) is 3. The molecule has 0 radical (unpaired) electrons. The van der Waals surface area contributed by atoms with Crippen LogP contribution in [0.25, 0.3) is 10.4 Å². The van der Waals surface area contributed by atoms with E-state index in [0.29, 0.717) is 12.6 Å². The highest BCUT2D eigenvalue weighted by atomic mass is 16.5. The Morgan fingerprint density at radius 3 is 2.86 bits per heavy atom. The summed E-state index contributed by atoms with van der Waals surface area (Å²) in [5.74, 6) is 0. The molecule has 0 spiro atoms. The predicted molar refractivity (Wildman–Crippen MR) is 56.1 cm³/mol. The fraction of sp³-hybridized carbons (Fsp3) is 1.00. The molecule has 1 unspecified atom stereocenters. The lowest BCUT2D eigenvalue weighted by Crippen LogP contribution is -2.03. The highest BCUT2D eigenvalue weighted by molar-refractivity contribution is 4.64. The van der Waals surface area contributed by atoms with Gasteiger partial charge in [-0.15, -0.1) is 0 Å². The molecule has 1 fully saturated rings. The van der Waals surface area contributed by atoms with Gasteiger partial charge >= 0.3 is 0 Å². The van der Waals surface area contributed by atoms with Crippen LogP contribution in [0.15, 0.2) is 5.11 Å². The van der Waals surface area contributed by atoms with Crippen molar-refractivity contribution in [2.24, 2.45) is 5.11 Å². The van der Waals surface area contributed by atoms with Crippen LogP contribution < -0.4 is 0 Å². The summed E-state index contributed by atoms with van der Waals surface area (Å²) in [6, 6.07) is 0. The second-order valence-electron chi connectivity index (χ2n) is 3.79. The lowest BCUT2D eigenvalue weighted by Gasteiger charge is -2.07. The van der Waals surface area contributed by atoms with E-state index in [9.17, 15) is 0 Å². The number of nitrogens with zero attached hydrogens (tertiary/aromatic N) is 3. The minimum Gasteiger partial charge on any atom is -0.378 e. The van der Waals surface area contributed by atoms with E-state index in [1.807, 2.05) is 0 Å². The quantitative estimate of drug-likeness (QED) is 0.267. The average molecular weight is 197 g/mol. The number of azide groups is 1. The molecule has 1 aliphatic rings. The summed E-state index contributed by atoms with van der Waals surface area (Å²) in [6.45, 7) is 1.61. The SMILES string of the molecule is [N-]=[N+]=NCCCCCCC1CCCO1. The van der Waals surface area contributed by atoms with Gasteiger partial charge in [-0.2, -0.15) is 0 Å². The third-order valence-electron chi connectivity index (χ3n) is 2.62. The molecule has 0 bridgehead atoms. The number of hydrogen-bond donors (Lipinski definition) is 0. The minimum absolute atomic E-state index is 0.534. The Morgan fingerprint density at radius 2 is 2.14 bits per heavy atom. The molecule has 4 nitrogen and oxygen atoms in total. The van der Waals surface area contributed by atoms with Gasteiger partial charge in [-0.05, 0) is 31.2 Å². The summed E-state index contributed by atoms with van der Waals surface area (Å²) in [7, 11) is 0. The third-order valence-corrected chi connectivity index (χ3v) is 2.62. The lowest BCUT2D eigenvalue weighted by atomic mass is 10.1. The predicted octanol–water partition coefficient (Wildman–Crippen LogP) is 3.43. The molecule has 1 heterocycles. The summed E-state index contributed by atoms with van der Waals surface area (Å²) in [4.78, 5) is 2.72. The van der Waals surface area contributed by atoms with E-state index in [1.165, 1.54) is 38.5 Å². The molecule has 0 saturated carbocycles. The average Bonchev–Trinajstić information content (AvgIpc) is 2.69. The Balaban J connectivity index is 1.81. The Labute approximate surface area is 85.3 Å². The van der Waals surface area contributed by atoms with E-state index in [0.717, 1.165) is 13.0 Å². The molecule has 14 heavy (non-hydrogen) atoms. The van der Waals surface area contributed by atoms with Gasteiger partial charge in [0, 0.05) is 18.1 Å². The summed E-state index contributed by atoms with van der Waals surface area (Å²) in [5.41, 5.74) is 8.05. The number of hydrogen-bond acceptors (Lipinski definition) is 2. The van der Waals surface area contributed by atoms with Crippen LogP contribution in [0.5, 0.6) is 0 Å². The van der Waals surface area contributed by atoms with Gasteiger partial charge in [-0.1, -0.05) is 24.4 Å². The van der Waals surface area contributed by atoms with Crippen molar-refractivity contribution in [2.75, 3.05) is 13.2 Å². The van der Waals surface area contributed by atoms with Crippen molar-refractivity contribution in [3.63, 3.8) is 0 Å². The van der Waals surface area contributed by atoms with Gasteiger partial charge in [-0.25, -0.2) is 0 Å². The maximum absolute atomic E-state index is 8.05. The Bertz CT molecular complexity index is 184. The molecule has 1 aliphatic heterocycles. The maximum Gasteiger partial charge on any atom is 0.0576 e. The smallest absolute Gasteiger partial charge is 0.0576 e. The van der Waals surface area contributed by atoms with Crippen LogP contribution in [-0.2, 0) is 4.74 Å². The van der Waals surface area contributed by atoms with Gasteiger partial charge in [0.05, 0.1) is 6.10 Å². The maximum atomic E-state index is 8.05. The van der Waals surface area contributed by atoms with Crippen LogP contribution in [0, 0.1) is 0 Å². The standard InChI is InChI=1S/C10H19N3O/c11-13-12-8-4-2-1-3-6-10-7-5-9-14-10/h10H,1-9H2. The van der Waals surface area contributed by atoms with Crippen molar-refractivity contribution in [3.05, 3.63) is 10.4 Å². The number of rotatable bonds is 7. The monoisotopic (exact) mass is 197 g/mol. The van der Waals surface area contributed by atoms with Gasteiger partial charge < -0.3 is 4.74 Å². The molecule has 0 amide bonds. The van der Waals surface area contributed by atoms with E-state index >= 15 is 0 Å². The van der Waals surface area contributed by atoms with Gasteiger partial charge in [0.15, 0.2) is 0 Å². The molecule has 1 atom stereocenters. The first kappa shape index (κ1) is 11.3. The second kappa shape index (κ2) is 7.65. The van der Waals surface area contributed by atoms with Crippen LogP contribution in [0.3, 0.4) is 0 Å². The van der Waals surface area contributed by atoms with E-state index in [4.69, 9.17) is 10.3 Å². The molecule has 80 valence electrons. The van der Waals surface area contributed by atoms with Gasteiger partial charge in [-0.3, -0.25) is 0 Å². The molecule has 0 aromatic heterocycles. The zero-order valence-corrected chi connectivity index (χ0v) is 8.69. The zero-order chi connectivity index (χ0) is 10.1. The largest absolute Gasteiger partial charge is 0.378 e. The molecule has 0 N–H and O–H groups in total. The molecule has 0 aromatic rings. The van der Waals surface area contributed by atoms with E-state index in [-0.39, 0.29) is 0 Å². The lowest BCUT2D eigenvalue weighted by molar-refractivity contribution is 0.102. The molecule has 4 heteroatoms. The third kappa shape index (κ3) is 5.10. The molecule has 0 aromatic carbocycles. The number of ether oxygens (including phenoxy) is 1. The first-order chi connectivity index (χ1) is 6.93. The van der Waals surface area contributed by atoms with Crippen LogP contribution in [0.1, 0.15) is 44.9 Å². The van der Waals surface area contributed by atoms with Crippen LogP contribution in [0.4, 0.5) is 0 Å². The first-order valence-electron chi connectivity index (χ1n) is 5.56. The second-order valence-corrected chi connectivity index (χ2v) is 3.79. The summed E-state index contributed by atoms with van der Waals surface area (Å²) >= 11 is 0. The van der Waals surface area contributed by atoms with Crippen molar-refractivity contribution < 1.29 is 4.74 Å². The van der Waals surface area contributed by atoms with Crippen molar-refractivity contribution in [2.45, 2.75) is 51.0 Å². The van der Waals surface area contributed by atoms with Gasteiger partial charge in [0.1, 0.15) is 0 Å². The Kier molecular flexibility index (Phi) is 6.20. The summed E-state index contributed by atoms with van der Waals surface area (Å²) in [6.07, 6.45) is 8.91. The van der Waals surface area contributed by atoms with Gasteiger partial charge in [0.2, 0.25) is 0 Å².